The van der Waals surface area contributed by atoms with Gasteiger partial charge < -0.3 is 5.01 Å². The quantitative estimate of drug-likeness (QED) is 0.444. The van der Waals surface area contributed by atoms with Crippen molar-refractivity contribution < 1.29 is 4.39 Å². The van der Waals surface area contributed by atoms with Gasteiger partial charge in [0.15, 0.2) is 0 Å². The molecule has 1 atom stereocenters. The summed E-state index contributed by atoms with van der Waals surface area (Å²) in [5.41, 5.74) is 0. The molecule has 0 amide bonds. The molecule has 3 heteroatoms. The van der Waals surface area contributed by atoms with Crippen molar-refractivity contribution in [3.05, 3.63) is 0 Å². The van der Waals surface area contributed by atoms with Gasteiger partial charge in [-0.25, -0.2) is 4.39 Å². The third kappa shape index (κ3) is 5.83. The third-order valence-corrected chi connectivity index (χ3v) is 1.52. The minimum atomic E-state index is -0.676. The lowest BCUT2D eigenvalue weighted by molar-refractivity contribution is 0.253. The van der Waals surface area contributed by atoms with Gasteiger partial charge in [0, 0.05) is 19.8 Å². The number of hydrazone groups is 1. The van der Waals surface area contributed by atoms with Crippen molar-refractivity contribution in [3.8, 4) is 0 Å². The zero-order valence-electron chi connectivity index (χ0n) is 7.55. The molecule has 0 rings (SSSR count). The van der Waals surface area contributed by atoms with Crippen LogP contribution in [-0.2, 0) is 0 Å². The largest absolute Gasteiger partial charge is 0.300 e. The van der Waals surface area contributed by atoms with Crippen molar-refractivity contribution in [1.29, 1.82) is 0 Å². The lowest BCUT2D eigenvalue weighted by Gasteiger charge is -2.13. The zero-order chi connectivity index (χ0) is 8.69. The highest BCUT2D eigenvalue weighted by atomic mass is 19.1. The first-order valence-electron chi connectivity index (χ1n) is 4.04. The summed E-state index contributed by atoms with van der Waals surface area (Å²) in [5, 5.41) is 5.72. The van der Waals surface area contributed by atoms with Gasteiger partial charge in [-0.3, -0.25) is 0 Å². The molecule has 0 heterocycles. The van der Waals surface area contributed by atoms with Gasteiger partial charge >= 0.3 is 0 Å². The zero-order valence-corrected chi connectivity index (χ0v) is 7.55. The number of halogens is 1. The van der Waals surface area contributed by atoms with E-state index < -0.39 is 6.17 Å². The van der Waals surface area contributed by atoms with Crippen molar-refractivity contribution >= 4 is 6.21 Å². The SMILES string of the molecule is C/C=N\N(C)CC[C@H](F)CC. The van der Waals surface area contributed by atoms with E-state index in [4.69, 9.17) is 0 Å². The van der Waals surface area contributed by atoms with Crippen molar-refractivity contribution in [3.63, 3.8) is 0 Å². The van der Waals surface area contributed by atoms with Gasteiger partial charge in [0.05, 0.1) is 0 Å². The van der Waals surface area contributed by atoms with Gasteiger partial charge in [0.25, 0.3) is 0 Å². The van der Waals surface area contributed by atoms with Crippen LogP contribution in [0.2, 0.25) is 0 Å². The molecular formula is C8H17FN2. The Morgan fingerprint density at radius 3 is 2.73 bits per heavy atom. The molecule has 0 aromatic carbocycles. The maximum absolute atomic E-state index is 12.7. The summed E-state index contributed by atoms with van der Waals surface area (Å²) in [5.74, 6) is 0. The molecule has 0 aliphatic heterocycles. The van der Waals surface area contributed by atoms with Crippen LogP contribution < -0.4 is 0 Å². The normalized spacial score (nSPS) is 13.8. The second-order valence-corrected chi connectivity index (χ2v) is 2.55. The fourth-order valence-electron chi connectivity index (χ4n) is 0.786. The number of nitrogens with zero attached hydrogens (tertiary/aromatic N) is 2. The summed E-state index contributed by atoms with van der Waals surface area (Å²) >= 11 is 0. The Bertz CT molecular complexity index is 115. The minimum absolute atomic E-state index is 0.574. The summed E-state index contributed by atoms with van der Waals surface area (Å²) in [4.78, 5) is 0. The number of hydrogen-bond donors (Lipinski definition) is 0. The molecule has 0 saturated carbocycles. The Balaban J connectivity index is 3.37. The van der Waals surface area contributed by atoms with Crippen LogP contribution in [-0.4, -0.2) is 31.0 Å². The van der Waals surface area contributed by atoms with Crippen molar-refractivity contribution in [2.45, 2.75) is 32.9 Å². The van der Waals surface area contributed by atoms with E-state index in [1.54, 1.807) is 11.2 Å². The van der Waals surface area contributed by atoms with Crippen LogP contribution in [0.1, 0.15) is 26.7 Å². The molecule has 0 aliphatic rings. The average molecular weight is 160 g/mol. The van der Waals surface area contributed by atoms with E-state index in [1.807, 2.05) is 20.9 Å². The van der Waals surface area contributed by atoms with Crippen molar-refractivity contribution in [2.24, 2.45) is 5.10 Å². The van der Waals surface area contributed by atoms with Gasteiger partial charge in [-0.2, -0.15) is 5.10 Å². The molecular weight excluding hydrogens is 143 g/mol. The fourth-order valence-corrected chi connectivity index (χ4v) is 0.786. The van der Waals surface area contributed by atoms with E-state index in [0.29, 0.717) is 19.4 Å². The van der Waals surface area contributed by atoms with Crippen LogP contribution in [0.4, 0.5) is 4.39 Å². The molecule has 0 aliphatic carbocycles. The number of rotatable bonds is 5. The Morgan fingerprint density at radius 1 is 1.64 bits per heavy atom. The Kier molecular flexibility index (Phi) is 5.80. The highest BCUT2D eigenvalue weighted by molar-refractivity contribution is 5.52. The van der Waals surface area contributed by atoms with Crippen LogP contribution in [0, 0.1) is 0 Å². The summed E-state index contributed by atoms with van der Waals surface area (Å²) in [6.07, 6.45) is 2.21. The van der Waals surface area contributed by atoms with E-state index in [0.717, 1.165) is 0 Å². The first-order chi connectivity index (χ1) is 5.20. The maximum Gasteiger partial charge on any atom is 0.102 e. The molecule has 0 saturated heterocycles. The number of hydrogen-bond acceptors (Lipinski definition) is 2. The summed E-state index contributed by atoms with van der Waals surface area (Å²) in [7, 11) is 1.85. The fraction of sp³-hybridized carbons (Fsp3) is 0.875. The molecule has 66 valence electrons. The maximum atomic E-state index is 12.7. The summed E-state index contributed by atoms with van der Waals surface area (Å²) in [6, 6.07) is 0. The van der Waals surface area contributed by atoms with Gasteiger partial charge in [-0.05, 0) is 19.8 Å². The van der Waals surface area contributed by atoms with Gasteiger partial charge in [-0.15, -0.1) is 0 Å². The van der Waals surface area contributed by atoms with Crippen LogP contribution >= 0.6 is 0 Å². The molecule has 0 bridgehead atoms. The minimum Gasteiger partial charge on any atom is -0.300 e. The van der Waals surface area contributed by atoms with Crippen LogP contribution in [0.15, 0.2) is 5.10 Å². The molecule has 0 radical (unpaired) electrons. The average Bonchev–Trinajstić information content (AvgIpc) is 2.01. The highest BCUT2D eigenvalue weighted by Crippen LogP contribution is 2.02. The van der Waals surface area contributed by atoms with Gasteiger partial charge in [0.2, 0.25) is 0 Å². The van der Waals surface area contributed by atoms with Crippen LogP contribution in [0.3, 0.4) is 0 Å². The number of alkyl halides is 1. The smallest absolute Gasteiger partial charge is 0.102 e. The molecule has 0 fully saturated rings. The van der Waals surface area contributed by atoms with E-state index >= 15 is 0 Å². The topological polar surface area (TPSA) is 15.6 Å². The summed E-state index contributed by atoms with van der Waals surface area (Å²) in [6.45, 7) is 4.40. The predicted molar refractivity (Wildman–Crippen MR) is 46.6 cm³/mol. The molecule has 0 spiro atoms. The van der Waals surface area contributed by atoms with E-state index in [1.165, 1.54) is 0 Å². The van der Waals surface area contributed by atoms with Crippen molar-refractivity contribution in [1.82, 2.24) is 5.01 Å². The van der Waals surface area contributed by atoms with E-state index in [2.05, 4.69) is 5.10 Å². The standard InChI is InChI=1S/C8H17FN2/c1-4-8(9)6-7-11(3)10-5-2/h5,8H,4,6-7H2,1-3H3/b10-5-/t8-/m1/s1. The van der Waals surface area contributed by atoms with Crippen molar-refractivity contribution in [2.75, 3.05) is 13.6 Å². The third-order valence-electron chi connectivity index (χ3n) is 1.52. The Morgan fingerprint density at radius 2 is 2.27 bits per heavy atom. The van der Waals surface area contributed by atoms with E-state index in [-0.39, 0.29) is 0 Å². The van der Waals surface area contributed by atoms with Gasteiger partial charge in [-0.1, -0.05) is 6.92 Å². The molecule has 2 nitrogen and oxygen atoms in total. The molecule has 0 N–H and O–H groups in total. The molecule has 0 aromatic heterocycles. The van der Waals surface area contributed by atoms with E-state index in [9.17, 15) is 4.39 Å². The Hall–Kier alpha value is -0.600. The first kappa shape index (κ1) is 10.4. The second-order valence-electron chi connectivity index (χ2n) is 2.55. The molecule has 11 heavy (non-hydrogen) atoms. The summed E-state index contributed by atoms with van der Waals surface area (Å²) < 4.78 is 12.7. The molecule has 0 unspecified atom stereocenters. The van der Waals surface area contributed by atoms with Gasteiger partial charge in [0.1, 0.15) is 6.17 Å². The first-order valence-corrected chi connectivity index (χ1v) is 4.04. The van der Waals surface area contributed by atoms with Crippen LogP contribution in [0.25, 0.3) is 0 Å². The monoisotopic (exact) mass is 160 g/mol. The highest BCUT2D eigenvalue weighted by Gasteiger charge is 2.03. The lowest BCUT2D eigenvalue weighted by Crippen LogP contribution is -2.16. The lowest BCUT2D eigenvalue weighted by atomic mass is 10.2. The Labute approximate surface area is 68.1 Å². The predicted octanol–water partition coefficient (Wildman–Crippen LogP) is 2.06. The molecule has 0 aromatic rings. The van der Waals surface area contributed by atoms with Crippen LogP contribution in [0.5, 0.6) is 0 Å². The second kappa shape index (κ2) is 6.13.